The second-order valence-corrected chi connectivity index (χ2v) is 3.73. The molecule has 0 N–H and O–H groups in total. The van der Waals surface area contributed by atoms with Crippen LogP contribution in [-0.2, 0) is 11.1 Å². The molecule has 0 aliphatic carbocycles. The van der Waals surface area contributed by atoms with Gasteiger partial charge in [-0.1, -0.05) is 6.07 Å². The molecule has 1 atom stereocenters. The molecule has 1 rings (SSSR count). The Hall–Kier alpha value is -0.270. The van der Waals surface area contributed by atoms with Gasteiger partial charge in [0.15, 0.2) is 0 Å². The molecule has 76 valence electrons. The molecule has 15 heavy (non-hydrogen) atoms. The van der Waals surface area contributed by atoms with Crippen LogP contribution in [0.1, 0.15) is 11.1 Å². The molecule has 0 fully saturated rings. The zero-order chi connectivity index (χ0) is 10.9. The van der Waals surface area contributed by atoms with Crippen molar-refractivity contribution in [2.24, 2.45) is 0 Å². The summed E-state index contributed by atoms with van der Waals surface area (Å²) >= 11 is -2.57. The molecule has 0 bridgehead atoms. The molecule has 0 aliphatic heterocycles. The van der Waals surface area contributed by atoms with E-state index in [2.05, 4.69) is 0 Å². The van der Waals surface area contributed by atoms with Crippen molar-refractivity contribution in [1.82, 2.24) is 0 Å². The summed E-state index contributed by atoms with van der Waals surface area (Å²) in [5, 5.41) is 10.5. The Bertz CT molecular complexity index is 421. The second-order valence-electron chi connectivity index (χ2n) is 2.85. The first kappa shape index (κ1) is 14.7. The third-order valence-corrected chi connectivity index (χ3v) is 2.87. The quantitative estimate of drug-likeness (QED) is 0.270. The van der Waals surface area contributed by atoms with Crippen molar-refractivity contribution in [3.63, 3.8) is 0 Å². The SMILES string of the molecule is Cc1ccc([N+](=O)[O-])c(S(=O)[O-])c1C.[Na+]. The number of rotatable bonds is 2. The van der Waals surface area contributed by atoms with Gasteiger partial charge in [-0.25, -0.2) is 0 Å². The number of nitro groups is 1. The number of benzene rings is 1. The fraction of sp³-hybridized carbons (Fsp3) is 0.250. The Kier molecular flexibility index (Phi) is 5.61. The summed E-state index contributed by atoms with van der Waals surface area (Å²) in [4.78, 5) is 9.60. The molecule has 1 unspecified atom stereocenters. The van der Waals surface area contributed by atoms with Gasteiger partial charge in [0.1, 0.15) is 4.90 Å². The van der Waals surface area contributed by atoms with Crippen LogP contribution < -0.4 is 29.6 Å². The van der Waals surface area contributed by atoms with Crippen LogP contribution in [0.5, 0.6) is 0 Å². The summed E-state index contributed by atoms with van der Waals surface area (Å²) in [6.45, 7) is 3.25. The number of hydrogen-bond donors (Lipinski definition) is 0. The maximum absolute atomic E-state index is 10.8. The van der Waals surface area contributed by atoms with Gasteiger partial charge in [0.25, 0.3) is 5.69 Å². The molecular formula is C8H8NNaO4S. The van der Waals surface area contributed by atoms with Crippen molar-refractivity contribution >= 4 is 16.8 Å². The van der Waals surface area contributed by atoms with Gasteiger partial charge < -0.3 is 4.55 Å². The minimum atomic E-state index is -2.57. The predicted octanol–water partition coefficient (Wildman–Crippen LogP) is -1.55. The van der Waals surface area contributed by atoms with Crippen LogP contribution in [0, 0.1) is 24.0 Å². The van der Waals surface area contributed by atoms with Gasteiger partial charge >= 0.3 is 29.6 Å². The van der Waals surface area contributed by atoms with E-state index in [-0.39, 0.29) is 40.1 Å². The molecular weight excluding hydrogens is 229 g/mol. The van der Waals surface area contributed by atoms with Gasteiger partial charge in [-0.3, -0.25) is 14.3 Å². The molecule has 0 saturated carbocycles. The standard InChI is InChI=1S/C8H9NO4S.Na/c1-5-3-4-7(9(10)11)8(6(5)2)14(12)13;/h3-4H,1-2H3,(H,12,13);/q;+1/p-1. The normalized spacial score (nSPS) is 11.7. The summed E-state index contributed by atoms with van der Waals surface area (Å²) in [6.07, 6.45) is 0. The average molecular weight is 237 g/mol. The molecule has 1 aromatic rings. The average Bonchev–Trinajstić information content (AvgIpc) is 2.08. The minimum Gasteiger partial charge on any atom is -0.768 e. The third-order valence-electron chi connectivity index (χ3n) is 2.02. The van der Waals surface area contributed by atoms with E-state index in [1.165, 1.54) is 12.1 Å². The Labute approximate surface area is 112 Å². The summed E-state index contributed by atoms with van der Waals surface area (Å²) in [5.41, 5.74) is 0.767. The smallest absolute Gasteiger partial charge is 0.768 e. The largest absolute Gasteiger partial charge is 1.00 e. The van der Waals surface area contributed by atoms with Crippen molar-refractivity contribution in [1.29, 1.82) is 0 Å². The Balaban J connectivity index is 0.00000196. The molecule has 0 amide bonds. The number of aryl methyl sites for hydroxylation is 1. The fourth-order valence-electron chi connectivity index (χ4n) is 1.13. The van der Waals surface area contributed by atoms with Crippen molar-refractivity contribution in [3.8, 4) is 0 Å². The first-order chi connectivity index (χ1) is 6.45. The van der Waals surface area contributed by atoms with Crippen LogP contribution in [0.4, 0.5) is 5.69 Å². The molecule has 0 spiro atoms. The molecule has 1 aromatic carbocycles. The van der Waals surface area contributed by atoms with E-state index in [1.54, 1.807) is 13.8 Å². The maximum Gasteiger partial charge on any atom is 1.00 e. The topological polar surface area (TPSA) is 83.3 Å². The number of nitro benzene ring substituents is 1. The third kappa shape index (κ3) is 3.09. The zero-order valence-electron chi connectivity index (χ0n) is 8.64. The van der Waals surface area contributed by atoms with Crippen LogP contribution in [0.25, 0.3) is 0 Å². The summed E-state index contributed by atoms with van der Waals surface area (Å²) in [7, 11) is 0. The van der Waals surface area contributed by atoms with E-state index in [0.29, 0.717) is 5.56 Å². The predicted molar refractivity (Wildman–Crippen MR) is 49.8 cm³/mol. The van der Waals surface area contributed by atoms with Gasteiger partial charge in [-0.05, 0) is 36.1 Å². The number of hydrogen-bond acceptors (Lipinski definition) is 4. The van der Waals surface area contributed by atoms with E-state index < -0.39 is 16.0 Å². The molecule has 0 saturated heterocycles. The molecule has 0 radical (unpaired) electrons. The van der Waals surface area contributed by atoms with Crippen LogP contribution in [0.15, 0.2) is 17.0 Å². The first-order valence-electron chi connectivity index (χ1n) is 3.79. The Morgan fingerprint density at radius 3 is 2.27 bits per heavy atom. The maximum atomic E-state index is 10.8. The second kappa shape index (κ2) is 5.72. The van der Waals surface area contributed by atoms with Crippen molar-refractivity contribution in [2.75, 3.05) is 0 Å². The minimum absolute atomic E-state index is 0. The van der Waals surface area contributed by atoms with Gasteiger partial charge in [0.05, 0.1) is 4.92 Å². The fourth-order valence-corrected chi connectivity index (χ4v) is 1.85. The van der Waals surface area contributed by atoms with Gasteiger partial charge in [0.2, 0.25) is 0 Å². The monoisotopic (exact) mass is 237 g/mol. The van der Waals surface area contributed by atoms with Crippen LogP contribution >= 0.6 is 0 Å². The van der Waals surface area contributed by atoms with Crippen molar-refractivity contribution < 1.29 is 43.2 Å². The number of nitrogens with zero attached hydrogens (tertiary/aromatic N) is 1. The molecule has 0 aromatic heterocycles. The summed E-state index contributed by atoms with van der Waals surface area (Å²) in [6, 6.07) is 2.73. The molecule has 0 aliphatic rings. The molecule has 7 heteroatoms. The van der Waals surface area contributed by atoms with E-state index in [1.807, 2.05) is 0 Å². The summed E-state index contributed by atoms with van der Waals surface area (Å²) in [5.74, 6) is 0. The van der Waals surface area contributed by atoms with Crippen LogP contribution in [0.3, 0.4) is 0 Å². The molecule has 0 heterocycles. The van der Waals surface area contributed by atoms with Gasteiger partial charge in [0, 0.05) is 6.07 Å². The Morgan fingerprint density at radius 1 is 1.33 bits per heavy atom. The van der Waals surface area contributed by atoms with E-state index in [0.717, 1.165) is 5.56 Å². The first-order valence-corrected chi connectivity index (χ1v) is 4.86. The van der Waals surface area contributed by atoms with Gasteiger partial charge in [-0.15, -0.1) is 0 Å². The van der Waals surface area contributed by atoms with Gasteiger partial charge in [-0.2, -0.15) is 0 Å². The van der Waals surface area contributed by atoms with E-state index in [4.69, 9.17) is 0 Å². The zero-order valence-corrected chi connectivity index (χ0v) is 11.5. The summed E-state index contributed by atoms with van der Waals surface area (Å²) < 4.78 is 21.6. The van der Waals surface area contributed by atoms with E-state index >= 15 is 0 Å². The van der Waals surface area contributed by atoms with Crippen LogP contribution in [0.2, 0.25) is 0 Å². The molecule has 5 nitrogen and oxygen atoms in total. The van der Waals surface area contributed by atoms with Crippen LogP contribution in [-0.4, -0.2) is 13.7 Å². The van der Waals surface area contributed by atoms with E-state index in [9.17, 15) is 18.9 Å². The van der Waals surface area contributed by atoms with Crippen molar-refractivity contribution in [2.45, 2.75) is 18.7 Å². The van der Waals surface area contributed by atoms with Crippen molar-refractivity contribution in [3.05, 3.63) is 33.4 Å². The Morgan fingerprint density at radius 2 is 1.87 bits per heavy atom.